The SMILES string of the molecule is CCCCC1(C)OCc2cc([Si](OC(C)=O)(OC(C)=O)OC(C)=O)ccc2O1. The van der Waals surface area contributed by atoms with E-state index in [-0.39, 0.29) is 11.8 Å². The summed E-state index contributed by atoms with van der Waals surface area (Å²) in [4.78, 5) is 35.0. The first-order valence-electron chi connectivity index (χ1n) is 9.14. The molecule has 1 aromatic carbocycles. The van der Waals surface area contributed by atoms with Crippen LogP contribution in [-0.4, -0.2) is 32.5 Å². The summed E-state index contributed by atoms with van der Waals surface area (Å²) in [6.07, 6.45) is 2.73. The van der Waals surface area contributed by atoms with Crippen LogP contribution in [0.5, 0.6) is 5.75 Å². The summed E-state index contributed by atoms with van der Waals surface area (Å²) < 4.78 is 27.7. The van der Waals surface area contributed by atoms with Crippen molar-refractivity contribution in [2.45, 2.75) is 66.3 Å². The Hall–Kier alpha value is -2.39. The zero-order valence-electron chi connectivity index (χ0n) is 16.8. The summed E-state index contributed by atoms with van der Waals surface area (Å²) in [6, 6.07) is 4.87. The Balaban J connectivity index is 2.42. The summed E-state index contributed by atoms with van der Waals surface area (Å²) >= 11 is 0. The number of benzene rings is 1. The number of hydrogen-bond donors (Lipinski definition) is 0. The van der Waals surface area contributed by atoms with Crippen LogP contribution < -0.4 is 9.92 Å². The number of carbonyl (C=O) groups excluding carboxylic acids is 3. The highest BCUT2D eigenvalue weighted by atomic mass is 28.4. The van der Waals surface area contributed by atoms with Gasteiger partial charge < -0.3 is 22.8 Å². The van der Waals surface area contributed by atoms with E-state index in [4.69, 9.17) is 22.8 Å². The molecule has 0 fully saturated rings. The van der Waals surface area contributed by atoms with Crippen molar-refractivity contribution in [2.75, 3.05) is 0 Å². The van der Waals surface area contributed by atoms with Crippen LogP contribution in [0.2, 0.25) is 0 Å². The van der Waals surface area contributed by atoms with Gasteiger partial charge in [-0.3, -0.25) is 14.4 Å². The summed E-state index contributed by atoms with van der Waals surface area (Å²) in [5, 5.41) is 0.288. The molecule has 8 nitrogen and oxygen atoms in total. The molecule has 0 aliphatic carbocycles. The number of ether oxygens (including phenoxy) is 2. The Morgan fingerprint density at radius 1 is 1.07 bits per heavy atom. The van der Waals surface area contributed by atoms with E-state index < -0.39 is 32.5 Å². The van der Waals surface area contributed by atoms with Gasteiger partial charge >= 0.3 is 8.80 Å². The van der Waals surface area contributed by atoms with Crippen molar-refractivity contribution >= 4 is 31.9 Å². The molecule has 0 N–H and O–H groups in total. The van der Waals surface area contributed by atoms with Gasteiger partial charge in [-0.1, -0.05) is 13.3 Å². The molecule has 0 radical (unpaired) electrons. The fraction of sp³-hybridized carbons (Fsp3) is 0.526. The molecule has 154 valence electrons. The minimum Gasteiger partial charge on any atom is -0.462 e. The molecule has 9 heteroatoms. The second-order valence-corrected chi connectivity index (χ2v) is 9.09. The van der Waals surface area contributed by atoms with Crippen molar-refractivity contribution in [1.82, 2.24) is 0 Å². The highest BCUT2D eigenvalue weighted by molar-refractivity contribution is 6.79. The molecule has 1 unspecified atom stereocenters. The van der Waals surface area contributed by atoms with Gasteiger partial charge in [-0.25, -0.2) is 0 Å². The molecule has 1 heterocycles. The van der Waals surface area contributed by atoms with Gasteiger partial charge in [-0.05, 0) is 24.6 Å². The molecule has 0 spiro atoms. The fourth-order valence-electron chi connectivity index (χ4n) is 2.90. The van der Waals surface area contributed by atoms with E-state index in [0.717, 1.165) is 40.0 Å². The smallest absolute Gasteiger partial charge is 0.462 e. The first-order valence-corrected chi connectivity index (χ1v) is 10.9. The molecule has 28 heavy (non-hydrogen) atoms. The average molecular weight is 410 g/mol. The molecule has 0 bridgehead atoms. The topological polar surface area (TPSA) is 97.4 Å². The molecule has 0 saturated carbocycles. The highest BCUT2D eigenvalue weighted by Crippen LogP contribution is 2.34. The first kappa shape index (κ1) is 21.9. The quantitative estimate of drug-likeness (QED) is 0.632. The molecule has 1 aliphatic heterocycles. The third-order valence-electron chi connectivity index (χ3n) is 4.09. The summed E-state index contributed by atoms with van der Waals surface area (Å²) in [6.45, 7) is 7.69. The summed E-state index contributed by atoms with van der Waals surface area (Å²) in [5.41, 5.74) is 0.676. The Labute approximate surface area is 165 Å². The number of rotatable bonds is 7. The van der Waals surface area contributed by atoms with Crippen LogP contribution in [0.3, 0.4) is 0 Å². The molecular formula is C19H26O8Si. The Morgan fingerprint density at radius 2 is 1.64 bits per heavy atom. The lowest BCUT2D eigenvalue weighted by Crippen LogP contribution is -2.59. The maximum Gasteiger partial charge on any atom is 0.742 e. The van der Waals surface area contributed by atoms with E-state index in [1.54, 1.807) is 18.2 Å². The van der Waals surface area contributed by atoms with Crippen LogP contribution in [0.25, 0.3) is 0 Å². The van der Waals surface area contributed by atoms with E-state index in [9.17, 15) is 14.4 Å². The van der Waals surface area contributed by atoms with Crippen LogP contribution in [0, 0.1) is 0 Å². The predicted octanol–water partition coefficient (Wildman–Crippen LogP) is 2.34. The summed E-state index contributed by atoms with van der Waals surface area (Å²) in [7, 11) is -4.14. The van der Waals surface area contributed by atoms with E-state index >= 15 is 0 Å². The molecule has 1 atom stereocenters. The Kier molecular flexibility index (Phi) is 6.84. The molecule has 1 aromatic rings. The third-order valence-corrected chi connectivity index (χ3v) is 6.78. The number of fused-ring (bicyclic) bond motifs is 1. The van der Waals surface area contributed by atoms with Gasteiger partial charge in [0.1, 0.15) is 5.75 Å². The molecular weight excluding hydrogens is 384 g/mol. The van der Waals surface area contributed by atoms with Crippen molar-refractivity contribution in [2.24, 2.45) is 0 Å². The maximum atomic E-state index is 11.7. The molecule has 1 aliphatic rings. The predicted molar refractivity (Wildman–Crippen MR) is 100 cm³/mol. The van der Waals surface area contributed by atoms with Crippen molar-refractivity contribution in [3.05, 3.63) is 23.8 Å². The molecule has 0 aromatic heterocycles. The van der Waals surface area contributed by atoms with E-state index in [2.05, 4.69) is 6.92 Å². The second-order valence-electron chi connectivity index (χ2n) is 6.79. The normalized spacial score (nSPS) is 18.5. The lowest BCUT2D eigenvalue weighted by molar-refractivity contribution is -0.197. The Morgan fingerprint density at radius 3 is 2.14 bits per heavy atom. The van der Waals surface area contributed by atoms with Crippen LogP contribution >= 0.6 is 0 Å². The maximum absolute atomic E-state index is 11.7. The fourth-order valence-corrected chi connectivity index (χ4v) is 5.16. The molecule has 0 saturated heterocycles. The van der Waals surface area contributed by atoms with Gasteiger partial charge in [0.15, 0.2) is 0 Å². The minimum atomic E-state index is -4.14. The monoisotopic (exact) mass is 410 g/mol. The third kappa shape index (κ3) is 5.32. The standard InChI is InChI=1S/C19H26O8Si/c1-6-7-10-19(5)23-12-16-11-17(8-9-18(16)24-19)28(25-13(2)20,26-14(3)21)27-15(4)22/h8-9,11H,6-7,10,12H2,1-5H3. The van der Waals surface area contributed by atoms with Crippen molar-refractivity contribution in [1.29, 1.82) is 0 Å². The van der Waals surface area contributed by atoms with Crippen molar-refractivity contribution in [3.8, 4) is 5.75 Å². The van der Waals surface area contributed by atoms with Crippen LogP contribution in [0.1, 0.15) is 59.4 Å². The number of carbonyl (C=O) groups is 3. The lowest BCUT2D eigenvalue weighted by Gasteiger charge is -2.36. The van der Waals surface area contributed by atoms with E-state index in [1.807, 2.05) is 6.92 Å². The zero-order chi connectivity index (χ0) is 20.9. The van der Waals surface area contributed by atoms with Gasteiger partial charge in [-0.15, -0.1) is 0 Å². The average Bonchev–Trinajstić information content (AvgIpc) is 2.57. The Bertz CT molecular complexity index is 722. The van der Waals surface area contributed by atoms with E-state index in [0.29, 0.717) is 11.3 Å². The highest BCUT2D eigenvalue weighted by Gasteiger charge is 2.55. The van der Waals surface area contributed by atoms with Gasteiger partial charge in [0, 0.05) is 39.7 Å². The van der Waals surface area contributed by atoms with Crippen LogP contribution in [0.15, 0.2) is 18.2 Å². The van der Waals surface area contributed by atoms with Crippen molar-refractivity contribution < 1.29 is 37.1 Å². The first-order chi connectivity index (χ1) is 13.1. The van der Waals surface area contributed by atoms with Gasteiger partial charge in [0.25, 0.3) is 17.9 Å². The number of unbranched alkanes of at least 4 members (excludes halogenated alkanes) is 1. The van der Waals surface area contributed by atoms with Crippen LogP contribution in [-0.2, 0) is 39.0 Å². The van der Waals surface area contributed by atoms with Gasteiger partial charge in [-0.2, -0.15) is 0 Å². The second kappa shape index (κ2) is 8.74. The largest absolute Gasteiger partial charge is 0.742 e. The zero-order valence-corrected chi connectivity index (χ0v) is 17.8. The lowest BCUT2D eigenvalue weighted by atomic mass is 10.1. The van der Waals surface area contributed by atoms with Crippen LogP contribution in [0.4, 0.5) is 0 Å². The van der Waals surface area contributed by atoms with Gasteiger partial charge in [0.2, 0.25) is 5.79 Å². The minimum absolute atomic E-state index is 0.258. The molecule has 2 rings (SSSR count). The molecule has 0 amide bonds. The van der Waals surface area contributed by atoms with Gasteiger partial charge in [0.05, 0.1) is 11.8 Å². The number of hydrogen-bond acceptors (Lipinski definition) is 8. The van der Waals surface area contributed by atoms with E-state index in [1.165, 1.54) is 0 Å². The van der Waals surface area contributed by atoms with Crippen molar-refractivity contribution in [3.63, 3.8) is 0 Å². The summed E-state index contributed by atoms with van der Waals surface area (Å²) in [5.74, 6) is -2.30.